The summed E-state index contributed by atoms with van der Waals surface area (Å²) in [6.07, 6.45) is 0.868. The first-order chi connectivity index (χ1) is 4.45. The highest BCUT2D eigenvalue weighted by atomic mass is 32.1. The summed E-state index contributed by atoms with van der Waals surface area (Å²) >= 11 is 3.86. The maximum Gasteiger partial charge on any atom is 0.192 e. The van der Waals surface area contributed by atoms with Gasteiger partial charge in [0.25, 0.3) is 0 Å². The molecule has 0 heterocycles. The highest BCUT2D eigenvalue weighted by molar-refractivity contribution is 7.96. The van der Waals surface area contributed by atoms with Crippen LogP contribution in [-0.4, -0.2) is 5.12 Å². The molecule has 10 heavy (non-hydrogen) atoms. The molecule has 0 spiro atoms. The van der Waals surface area contributed by atoms with Crippen LogP contribution in [0.2, 0.25) is 0 Å². The third-order valence-electron chi connectivity index (χ3n) is 2.50. The van der Waals surface area contributed by atoms with Gasteiger partial charge in [0.05, 0.1) is 0 Å². The van der Waals surface area contributed by atoms with Crippen molar-refractivity contribution < 1.29 is 4.79 Å². The SMILES string of the molecule is CCC(C)(C(=O)S)C(C)C. The summed E-state index contributed by atoms with van der Waals surface area (Å²) in [6, 6.07) is 0. The molecule has 0 aliphatic heterocycles. The highest BCUT2D eigenvalue weighted by Gasteiger charge is 2.31. The van der Waals surface area contributed by atoms with E-state index < -0.39 is 0 Å². The molecule has 0 aliphatic carbocycles. The fourth-order valence-electron chi connectivity index (χ4n) is 0.806. The summed E-state index contributed by atoms with van der Waals surface area (Å²) in [5.41, 5.74) is -0.233. The Balaban J connectivity index is 4.38. The molecule has 0 bridgehead atoms. The van der Waals surface area contributed by atoms with Crippen molar-refractivity contribution in [1.29, 1.82) is 0 Å². The van der Waals surface area contributed by atoms with Gasteiger partial charge < -0.3 is 0 Å². The molecule has 0 aromatic carbocycles. The fourth-order valence-corrected chi connectivity index (χ4v) is 1.22. The molecule has 0 rings (SSSR count). The molecule has 1 unspecified atom stereocenters. The number of carbonyl (C=O) groups excluding carboxylic acids is 1. The number of hydrogen-bond donors (Lipinski definition) is 1. The predicted molar refractivity (Wildman–Crippen MR) is 47.2 cm³/mol. The lowest BCUT2D eigenvalue weighted by atomic mass is 9.78. The van der Waals surface area contributed by atoms with Crippen LogP contribution in [0, 0.1) is 11.3 Å². The molecule has 0 N–H and O–H groups in total. The fraction of sp³-hybridized carbons (Fsp3) is 0.875. The molecular formula is C8H16OS. The first-order valence-corrected chi connectivity index (χ1v) is 4.13. The van der Waals surface area contributed by atoms with E-state index in [0.717, 1.165) is 6.42 Å². The van der Waals surface area contributed by atoms with Gasteiger partial charge in [-0.3, -0.25) is 4.79 Å². The van der Waals surface area contributed by atoms with Crippen molar-refractivity contribution in [3.8, 4) is 0 Å². The Kier molecular flexibility index (Phi) is 3.43. The van der Waals surface area contributed by atoms with Crippen LogP contribution in [0.1, 0.15) is 34.1 Å². The summed E-state index contributed by atoms with van der Waals surface area (Å²) in [5, 5.41) is 0.00463. The summed E-state index contributed by atoms with van der Waals surface area (Å²) < 4.78 is 0. The Hall–Kier alpha value is 0.0200. The van der Waals surface area contributed by atoms with Gasteiger partial charge in [0.2, 0.25) is 0 Å². The Morgan fingerprint density at radius 1 is 1.60 bits per heavy atom. The lowest BCUT2D eigenvalue weighted by molar-refractivity contribution is -0.121. The monoisotopic (exact) mass is 160 g/mol. The standard InChI is InChI=1S/C8H16OS/c1-5-8(4,6(2)3)7(9)10/h6H,5H2,1-4H3,(H,9,10). The first kappa shape index (κ1) is 10.0. The van der Waals surface area contributed by atoms with E-state index in [9.17, 15) is 4.79 Å². The van der Waals surface area contributed by atoms with Crippen LogP contribution in [0.15, 0.2) is 0 Å². The second-order valence-electron chi connectivity index (χ2n) is 3.23. The van der Waals surface area contributed by atoms with E-state index in [2.05, 4.69) is 26.5 Å². The van der Waals surface area contributed by atoms with Crippen LogP contribution < -0.4 is 0 Å². The molecule has 0 fully saturated rings. The molecule has 0 amide bonds. The lowest BCUT2D eigenvalue weighted by Crippen LogP contribution is -2.29. The second kappa shape index (κ2) is 3.42. The summed E-state index contributed by atoms with van der Waals surface area (Å²) in [4.78, 5) is 11.0. The molecular weight excluding hydrogens is 144 g/mol. The zero-order valence-corrected chi connectivity index (χ0v) is 8.03. The first-order valence-electron chi connectivity index (χ1n) is 3.68. The number of carbonyl (C=O) groups is 1. The molecule has 0 aromatic rings. The van der Waals surface area contributed by atoms with Crippen LogP contribution in [0.25, 0.3) is 0 Å². The van der Waals surface area contributed by atoms with Gasteiger partial charge in [-0.1, -0.05) is 27.7 Å². The van der Waals surface area contributed by atoms with Crippen LogP contribution in [0.4, 0.5) is 0 Å². The van der Waals surface area contributed by atoms with E-state index in [4.69, 9.17) is 0 Å². The van der Waals surface area contributed by atoms with Gasteiger partial charge in [-0.15, -0.1) is 12.6 Å². The van der Waals surface area contributed by atoms with Crippen molar-refractivity contribution in [3.05, 3.63) is 0 Å². The van der Waals surface area contributed by atoms with Gasteiger partial charge >= 0.3 is 0 Å². The Morgan fingerprint density at radius 2 is 2.00 bits per heavy atom. The normalized spacial score (nSPS) is 17.0. The molecule has 2 heteroatoms. The molecule has 1 nitrogen and oxygen atoms in total. The quantitative estimate of drug-likeness (QED) is 0.628. The van der Waals surface area contributed by atoms with Gasteiger partial charge in [0.1, 0.15) is 0 Å². The summed E-state index contributed by atoms with van der Waals surface area (Å²) in [6.45, 7) is 8.09. The average molecular weight is 160 g/mol. The molecule has 0 aromatic heterocycles. The van der Waals surface area contributed by atoms with Crippen molar-refractivity contribution in [1.82, 2.24) is 0 Å². The number of thiol groups is 1. The van der Waals surface area contributed by atoms with Crippen molar-refractivity contribution in [2.45, 2.75) is 34.1 Å². The Bertz CT molecular complexity index is 131. The molecule has 0 saturated heterocycles. The lowest BCUT2D eigenvalue weighted by Gasteiger charge is -2.28. The van der Waals surface area contributed by atoms with Gasteiger partial charge in [0, 0.05) is 5.41 Å². The molecule has 0 saturated carbocycles. The number of rotatable bonds is 3. The predicted octanol–water partition coefficient (Wildman–Crippen LogP) is 2.52. The zero-order valence-electron chi connectivity index (χ0n) is 7.14. The Morgan fingerprint density at radius 3 is 2.00 bits per heavy atom. The maximum atomic E-state index is 11.0. The molecule has 60 valence electrons. The van der Waals surface area contributed by atoms with Gasteiger partial charge in [-0.05, 0) is 12.3 Å². The van der Waals surface area contributed by atoms with Crippen molar-refractivity contribution in [2.24, 2.45) is 11.3 Å². The van der Waals surface area contributed by atoms with Gasteiger partial charge in [0.15, 0.2) is 5.12 Å². The van der Waals surface area contributed by atoms with E-state index in [1.165, 1.54) is 0 Å². The third kappa shape index (κ3) is 1.75. The minimum Gasteiger partial charge on any atom is -0.287 e. The smallest absolute Gasteiger partial charge is 0.192 e. The van der Waals surface area contributed by atoms with E-state index in [-0.39, 0.29) is 10.5 Å². The van der Waals surface area contributed by atoms with Crippen LogP contribution in [0.3, 0.4) is 0 Å². The van der Waals surface area contributed by atoms with Crippen molar-refractivity contribution in [2.75, 3.05) is 0 Å². The van der Waals surface area contributed by atoms with Crippen molar-refractivity contribution >= 4 is 17.7 Å². The zero-order chi connectivity index (χ0) is 8.36. The largest absolute Gasteiger partial charge is 0.287 e. The topological polar surface area (TPSA) is 17.1 Å². The minimum atomic E-state index is -0.233. The molecule has 1 atom stereocenters. The minimum absolute atomic E-state index is 0.00463. The summed E-state index contributed by atoms with van der Waals surface area (Å²) in [5.74, 6) is 0.377. The van der Waals surface area contributed by atoms with Crippen LogP contribution in [0.5, 0.6) is 0 Å². The average Bonchev–Trinajstić information content (AvgIpc) is 1.85. The van der Waals surface area contributed by atoms with Gasteiger partial charge in [-0.25, -0.2) is 0 Å². The van der Waals surface area contributed by atoms with E-state index >= 15 is 0 Å². The van der Waals surface area contributed by atoms with Gasteiger partial charge in [-0.2, -0.15) is 0 Å². The van der Waals surface area contributed by atoms with E-state index in [0.29, 0.717) is 5.92 Å². The molecule has 0 radical (unpaired) electrons. The third-order valence-corrected chi connectivity index (χ3v) is 3.01. The number of hydrogen-bond acceptors (Lipinski definition) is 1. The van der Waals surface area contributed by atoms with Crippen molar-refractivity contribution in [3.63, 3.8) is 0 Å². The highest BCUT2D eigenvalue weighted by Crippen LogP contribution is 2.32. The maximum absolute atomic E-state index is 11.0. The van der Waals surface area contributed by atoms with E-state index in [1.54, 1.807) is 0 Å². The van der Waals surface area contributed by atoms with Crippen LogP contribution >= 0.6 is 12.6 Å². The Labute approximate surface area is 68.6 Å². The van der Waals surface area contributed by atoms with Crippen LogP contribution in [-0.2, 0) is 4.79 Å². The summed E-state index contributed by atoms with van der Waals surface area (Å²) in [7, 11) is 0. The molecule has 0 aliphatic rings. The second-order valence-corrected chi connectivity index (χ2v) is 3.64. The van der Waals surface area contributed by atoms with E-state index in [1.807, 2.05) is 13.8 Å².